The number of aliphatic hydroxyl groups excluding tert-OH is 1. The Morgan fingerprint density at radius 2 is 2.47 bits per heavy atom. The highest BCUT2D eigenvalue weighted by atomic mass is 31.0. The van der Waals surface area contributed by atoms with E-state index in [1.807, 2.05) is 6.08 Å². The van der Waals surface area contributed by atoms with Crippen molar-refractivity contribution in [1.29, 1.82) is 0 Å². The van der Waals surface area contributed by atoms with E-state index in [2.05, 4.69) is 26.5 Å². The second-order valence-electron chi connectivity index (χ2n) is 4.43. The highest BCUT2D eigenvalue weighted by molar-refractivity contribution is 7.19. The van der Waals surface area contributed by atoms with Crippen LogP contribution in [0.4, 0.5) is 0 Å². The van der Waals surface area contributed by atoms with Gasteiger partial charge in [0.05, 0.1) is 17.4 Å². The van der Waals surface area contributed by atoms with Gasteiger partial charge in [-0.05, 0) is 12.8 Å². The van der Waals surface area contributed by atoms with Crippen molar-refractivity contribution in [3.05, 3.63) is 12.7 Å². The third-order valence-corrected chi connectivity index (χ3v) is 3.93. The maximum absolute atomic E-state index is 11.8. The zero-order valence-electron chi connectivity index (χ0n) is 8.57. The number of hydrogen-bond donors (Lipinski definition) is 3. The Labute approximate surface area is 91.7 Å². The van der Waals surface area contributed by atoms with Gasteiger partial charge in [-0.1, -0.05) is 6.08 Å². The molecule has 84 valence electrons. The average Bonchev–Trinajstić information content (AvgIpc) is 2.62. The normalized spacial score (nSPS) is 43.7. The van der Waals surface area contributed by atoms with Gasteiger partial charge in [0, 0.05) is 12.5 Å². The van der Waals surface area contributed by atoms with E-state index >= 15 is 0 Å². The lowest BCUT2D eigenvalue weighted by Crippen LogP contribution is -2.44. The van der Waals surface area contributed by atoms with E-state index in [1.54, 1.807) is 0 Å². The molecule has 2 aliphatic rings. The van der Waals surface area contributed by atoms with Gasteiger partial charge in [0.25, 0.3) is 0 Å². The van der Waals surface area contributed by atoms with Crippen molar-refractivity contribution in [1.82, 2.24) is 10.6 Å². The predicted molar refractivity (Wildman–Crippen MR) is 61.3 cm³/mol. The van der Waals surface area contributed by atoms with Crippen LogP contribution in [0.3, 0.4) is 0 Å². The van der Waals surface area contributed by atoms with Crippen molar-refractivity contribution in [2.24, 2.45) is 5.92 Å². The molecule has 1 amide bonds. The second-order valence-corrected chi connectivity index (χ2v) is 5.46. The van der Waals surface area contributed by atoms with Gasteiger partial charge >= 0.3 is 0 Å². The molecule has 2 fully saturated rings. The van der Waals surface area contributed by atoms with Crippen LogP contribution < -0.4 is 10.6 Å². The summed E-state index contributed by atoms with van der Waals surface area (Å²) in [4.78, 5) is 11.8. The standard InChI is InChI=1S/C10H17N2O2P/c1-2-6-4-10(6,15)12-9(14)8-3-7(13)5-11-8/h2,6-8,11,13H,1,3-5,15H2,(H,12,14)/t6-,7-,8+,10+/m1/s1. The molecule has 0 aromatic rings. The van der Waals surface area contributed by atoms with Crippen molar-refractivity contribution < 1.29 is 9.90 Å². The maximum Gasteiger partial charge on any atom is 0.237 e. The molecule has 0 aromatic heterocycles. The van der Waals surface area contributed by atoms with Crippen molar-refractivity contribution in [3.63, 3.8) is 0 Å². The minimum Gasteiger partial charge on any atom is -0.392 e. The fourth-order valence-electron chi connectivity index (χ4n) is 1.98. The van der Waals surface area contributed by atoms with Gasteiger partial charge in [0.2, 0.25) is 5.91 Å². The first-order valence-corrected chi connectivity index (χ1v) is 5.78. The number of β-amino-alcohol motifs (C(OH)–C–C–N with tert-alkyl or cyclic N) is 1. The topological polar surface area (TPSA) is 61.4 Å². The van der Waals surface area contributed by atoms with Crippen LogP contribution in [-0.4, -0.2) is 35.0 Å². The van der Waals surface area contributed by atoms with E-state index in [4.69, 9.17) is 0 Å². The molecule has 5 atom stereocenters. The van der Waals surface area contributed by atoms with Crippen LogP contribution in [0.5, 0.6) is 0 Å². The zero-order valence-corrected chi connectivity index (χ0v) is 9.73. The van der Waals surface area contributed by atoms with Crippen LogP contribution in [0, 0.1) is 5.92 Å². The molecule has 1 aliphatic heterocycles. The molecule has 0 aromatic carbocycles. The van der Waals surface area contributed by atoms with Crippen LogP contribution in [0.2, 0.25) is 0 Å². The summed E-state index contributed by atoms with van der Waals surface area (Å²) in [7, 11) is 2.68. The summed E-state index contributed by atoms with van der Waals surface area (Å²) >= 11 is 0. The lowest BCUT2D eigenvalue weighted by molar-refractivity contribution is -0.123. The Morgan fingerprint density at radius 1 is 1.73 bits per heavy atom. The number of carbonyl (C=O) groups excluding carboxylic acids is 1. The number of aliphatic hydroxyl groups is 1. The summed E-state index contributed by atoms with van der Waals surface area (Å²) in [6, 6.07) is -0.247. The SMILES string of the molecule is C=C[C@@H]1C[C@@]1(P)NC(=O)[C@@H]1C[C@@H](O)CN1. The molecule has 1 unspecified atom stereocenters. The van der Waals surface area contributed by atoms with Crippen LogP contribution in [-0.2, 0) is 4.79 Å². The van der Waals surface area contributed by atoms with Gasteiger partial charge < -0.3 is 15.7 Å². The first-order valence-electron chi connectivity index (χ1n) is 5.20. The van der Waals surface area contributed by atoms with E-state index in [0.717, 1.165) is 6.42 Å². The molecular weight excluding hydrogens is 211 g/mol. The van der Waals surface area contributed by atoms with Gasteiger partial charge in [-0.2, -0.15) is 0 Å². The van der Waals surface area contributed by atoms with Crippen molar-refractivity contribution in [2.45, 2.75) is 30.3 Å². The molecule has 5 heteroatoms. The third-order valence-electron chi connectivity index (χ3n) is 3.12. The Bertz CT molecular complexity index is 297. The summed E-state index contributed by atoms with van der Waals surface area (Å²) in [6.07, 6.45) is 2.91. The smallest absolute Gasteiger partial charge is 0.237 e. The van der Waals surface area contributed by atoms with Crippen LogP contribution in [0.25, 0.3) is 0 Å². The largest absolute Gasteiger partial charge is 0.392 e. The molecule has 4 nitrogen and oxygen atoms in total. The summed E-state index contributed by atoms with van der Waals surface area (Å²) in [5.41, 5.74) is 0. The Hall–Kier alpha value is -0.440. The average molecular weight is 228 g/mol. The third kappa shape index (κ3) is 2.22. The second kappa shape index (κ2) is 3.85. The molecule has 1 heterocycles. The van der Waals surface area contributed by atoms with Crippen LogP contribution in [0.15, 0.2) is 12.7 Å². The molecular formula is C10H17N2O2P. The van der Waals surface area contributed by atoms with E-state index in [0.29, 0.717) is 18.9 Å². The quantitative estimate of drug-likeness (QED) is 0.455. The van der Waals surface area contributed by atoms with E-state index in [1.165, 1.54) is 0 Å². The minimum atomic E-state index is -0.393. The lowest BCUT2D eigenvalue weighted by atomic mass is 10.2. The van der Waals surface area contributed by atoms with Crippen molar-refractivity contribution >= 4 is 15.1 Å². The van der Waals surface area contributed by atoms with E-state index < -0.39 is 6.10 Å². The first kappa shape index (κ1) is 11.1. The van der Waals surface area contributed by atoms with Crippen molar-refractivity contribution in [3.8, 4) is 0 Å². The van der Waals surface area contributed by atoms with Crippen LogP contribution in [0.1, 0.15) is 12.8 Å². The molecule has 0 radical (unpaired) electrons. The van der Waals surface area contributed by atoms with Gasteiger partial charge in [0.1, 0.15) is 0 Å². The van der Waals surface area contributed by atoms with Crippen molar-refractivity contribution in [2.75, 3.05) is 6.54 Å². The number of amides is 1. The molecule has 1 aliphatic carbocycles. The number of rotatable bonds is 3. The van der Waals surface area contributed by atoms with E-state index in [9.17, 15) is 9.90 Å². The number of nitrogens with one attached hydrogen (secondary N) is 2. The van der Waals surface area contributed by atoms with E-state index in [-0.39, 0.29) is 17.2 Å². The van der Waals surface area contributed by atoms with Gasteiger partial charge in [-0.3, -0.25) is 4.79 Å². The van der Waals surface area contributed by atoms with Gasteiger partial charge in [0.15, 0.2) is 0 Å². The van der Waals surface area contributed by atoms with Gasteiger partial charge in [-0.15, -0.1) is 15.8 Å². The molecule has 3 N–H and O–H groups in total. The monoisotopic (exact) mass is 228 g/mol. The summed E-state index contributed by atoms with van der Waals surface area (Å²) < 4.78 is 0. The Kier molecular flexibility index (Phi) is 2.84. The molecule has 2 rings (SSSR count). The molecule has 1 saturated heterocycles. The fraction of sp³-hybridized carbons (Fsp3) is 0.700. The maximum atomic E-state index is 11.8. The predicted octanol–water partition coefficient (Wildman–Crippen LogP) is -0.397. The number of hydrogen-bond acceptors (Lipinski definition) is 3. The lowest BCUT2D eigenvalue weighted by Gasteiger charge is -2.16. The molecule has 1 saturated carbocycles. The zero-order chi connectivity index (χ0) is 11.1. The Balaban J connectivity index is 1.85. The molecule has 0 spiro atoms. The summed E-state index contributed by atoms with van der Waals surface area (Å²) in [6.45, 7) is 4.22. The summed E-state index contributed by atoms with van der Waals surface area (Å²) in [5, 5.41) is 15.1. The molecule has 0 bridgehead atoms. The highest BCUT2D eigenvalue weighted by Crippen LogP contribution is 2.49. The summed E-state index contributed by atoms with van der Waals surface area (Å²) in [5.74, 6) is 0.337. The highest BCUT2D eigenvalue weighted by Gasteiger charge is 2.50. The van der Waals surface area contributed by atoms with Gasteiger partial charge in [-0.25, -0.2) is 0 Å². The number of carbonyl (C=O) groups is 1. The van der Waals surface area contributed by atoms with Crippen LogP contribution >= 0.6 is 9.24 Å². The minimum absolute atomic E-state index is 0.0223. The fourth-order valence-corrected chi connectivity index (χ4v) is 2.51. The first-order chi connectivity index (χ1) is 7.05. The molecule has 15 heavy (non-hydrogen) atoms. The Morgan fingerprint density at radius 3 is 2.93 bits per heavy atom.